The highest BCUT2D eigenvalue weighted by Gasteiger charge is 1.99. The van der Waals surface area contributed by atoms with E-state index < -0.39 is 5.97 Å². The van der Waals surface area contributed by atoms with E-state index in [9.17, 15) is 4.79 Å². The maximum Gasteiger partial charge on any atom is 0.331 e. The lowest BCUT2D eigenvalue weighted by Crippen LogP contribution is -1.97. The normalized spacial score (nSPS) is 10.9. The highest BCUT2D eigenvalue weighted by atomic mass is 16.5. The van der Waals surface area contributed by atoms with E-state index in [1.54, 1.807) is 0 Å². The van der Waals surface area contributed by atoms with Gasteiger partial charge >= 0.3 is 5.97 Å². The molecule has 3 nitrogen and oxygen atoms in total. The second kappa shape index (κ2) is 4.55. The summed E-state index contributed by atoms with van der Waals surface area (Å²) in [5, 5.41) is 8.42. The number of hydrogen-bond acceptors (Lipinski definition) is 2. The molecule has 0 saturated heterocycles. The largest absolute Gasteiger partial charge is 0.494 e. The molecular formula is C8H11O3. The summed E-state index contributed by atoms with van der Waals surface area (Å²) < 4.78 is 4.82. The zero-order valence-corrected chi connectivity index (χ0v) is 6.46. The number of aliphatic carboxylic acids is 1. The highest BCUT2D eigenvalue weighted by Crippen LogP contribution is 2.01. The summed E-state index contributed by atoms with van der Waals surface area (Å²) in [6.45, 7) is 8.61. The van der Waals surface area contributed by atoms with Gasteiger partial charge in [-0.3, -0.25) is 0 Å². The average Bonchev–Trinajstić information content (AvgIpc) is 1.87. The van der Waals surface area contributed by atoms with E-state index in [0.717, 1.165) is 0 Å². The third-order valence-electron chi connectivity index (χ3n) is 1.00. The van der Waals surface area contributed by atoms with Crippen molar-refractivity contribution in [2.75, 3.05) is 6.61 Å². The molecule has 0 aliphatic heterocycles. The summed E-state index contributed by atoms with van der Waals surface area (Å²) in [4.78, 5) is 10.3. The third kappa shape index (κ3) is 4.19. The van der Waals surface area contributed by atoms with Crippen molar-refractivity contribution >= 4 is 5.97 Å². The molecule has 0 fully saturated rings. The first-order valence-electron chi connectivity index (χ1n) is 3.10. The van der Waals surface area contributed by atoms with Gasteiger partial charge in [0.05, 0.1) is 6.61 Å². The Morgan fingerprint density at radius 3 is 2.64 bits per heavy atom. The quantitative estimate of drug-likeness (QED) is 0.379. The minimum absolute atomic E-state index is 0.198. The van der Waals surface area contributed by atoms with E-state index in [4.69, 9.17) is 9.84 Å². The van der Waals surface area contributed by atoms with E-state index in [-0.39, 0.29) is 12.2 Å². The van der Waals surface area contributed by atoms with Gasteiger partial charge in [-0.2, -0.15) is 0 Å². The molecule has 0 spiro atoms. The fraction of sp³-hybridized carbons (Fsp3) is 0.250. The van der Waals surface area contributed by atoms with Crippen molar-refractivity contribution in [1.82, 2.24) is 0 Å². The van der Waals surface area contributed by atoms with E-state index in [1.165, 1.54) is 13.0 Å². The van der Waals surface area contributed by atoms with Crippen LogP contribution in [0.3, 0.4) is 0 Å². The molecule has 0 bridgehead atoms. The highest BCUT2D eigenvalue weighted by molar-refractivity contribution is 5.86. The molecule has 0 aromatic rings. The zero-order valence-electron chi connectivity index (χ0n) is 6.46. The number of carboxylic acid groups (broad SMARTS) is 1. The second-order valence-corrected chi connectivity index (χ2v) is 1.95. The molecule has 0 heterocycles. The average molecular weight is 155 g/mol. The Balaban J connectivity index is 4.08. The SMILES string of the molecule is [CH2]COC(=C)C=C(C)C(=O)O. The third-order valence-corrected chi connectivity index (χ3v) is 1.00. The lowest BCUT2D eigenvalue weighted by molar-refractivity contribution is -0.132. The minimum atomic E-state index is -0.973. The van der Waals surface area contributed by atoms with Crippen LogP contribution in [0.5, 0.6) is 0 Å². The molecule has 0 aliphatic carbocycles. The first kappa shape index (κ1) is 9.75. The van der Waals surface area contributed by atoms with Gasteiger partial charge in [0.25, 0.3) is 0 Å². The Morgan fingerprint density at radius 1 is 1.73 bits per heavy atom. The van der Waals surface area contributed by atoms with Crippen molar-refractivity contribution < 1.29 is 14.6 Å². The van der Waals surface area contributed by atoms with Crippen LogP contribution in [0.1, 0.15) is 6.92 Å². The van der Waals surface area contributed by atoms with E-state index in [2.05, 4.69) is 13.5 Å². The zero-order chi connectivity index (χ0) is 8.85. The molecule has 0 rings (SSSR count). The van der Waals surface area contributed by atoms with Gasteiger partial charge in [-0.1, -0.05) is 6.58 Å². The van der Waals surface area contributed by atoms with Gasteiger partial charge < -0.3 is 9.84 Å². The van der Waals surface area contributed by atoms with Crippen LogP contribution in [0.2, 0.25) is 0 Å². The fourth-order valence-corrected chi connectivity index (χ4v) is 0.476. The number of carbonyl (C=O) groups is 1. The Bertz CT molecular complexity index is 192. The Morgan fingerprint density at radius 2 is 2.27 bits per heavy atom. The molecular weight excluding hydrogens is 144 g/mol. The Kier molecular flexibility index (Phi) is 4.03. The monoisotopic (exact) mass is 155 g/mol. The summed E-state index contributed by atoms with van der Waals surface area (Å²) in [5.41, 5.74) is 0.198. The van der Waals surface area contributed by atoms with Crippen LogP contribution in [-0.4, -0.2) is 17.7 Å². The van der Waals surface area contributed by atoms with Gasteiger partial charge in [-0.25, -0.2) is 4.79 Å². The van der Waals surface area contributed by atoms with Gasteiger partial charge in [-0.05, 0) is 19.9 Å². The molecule has 1 N–H and O–H groups in total. The van der Waals surface area contributed by atoms with Crippen molar-refractivity contribution in [3.05, 3.63) is 30.9 Å². The maximum absolute atomic E-state index is 10.3. The van der Waals surface area contributed by atoms with Crippen LogP contribution in [0, 0.1) is 6.92 Å². The minimum Gasteiger partial charge on any atom is -0.494 e. The first-order valence-corrected chi connectivity index (χ1v) is 3.10. The van der Waals surface area contributed by atoms with Gasteiger partial charge in [0.2, 0.25) is 0 Å². The molecule has 3 heteroatoms. The molecule has 0 aromatic carbocycles. The number of hydrogen-bond donors (Lipinski definition) is 1. The molecule has 0 aromatic heterocycles. The predicted octanol–water partition coefficient (Wildman–Crippen LogP) is 1.38. The first-order chi connectivity index (χ1) is 5.07. The van der Waals surface area contributed by atoms with Crippen molar-refractivity contribution in [3.8, 4) is 0 Å². The van der Waals surface area contributed by atoms with Crippen LogP contribution in [0.25, 0.3) is 0 Å². The summed E-state index contributed by atoms with van der Waals surface area (Å²) in [6, 6.07) is 0. The number of allylic oxidation sites excluding steroid dienone is 1. The van der Waals surface area contributed by atoms with Crippen molar-refractivity contribution in [1.29, 1.82) is 0 Å². The fourth-order valence-electron chi connectivity index (χ4n) is 0.476. The summed E-state index contributed by atoms with van der Waals surface area (Å²) in [6.07, 6.45) is 1.35. The standard InChI is InChI=1S/C8H11O3/c1-4-11-7(3)5-6(2)8(9)10/h5H,1,3-4H2,2H3,(H,9,10). The molecule has 0 aliphatic rings. The lowest BCUT2D eigenvalue weighted by Gasteiger charge is -2.00. The van der Waals surface area contributed by atoms with Crippen molar-refractivity contribution in [3.63, 3.8) is 0 Å². The number of rotatable bonds is 4. The van der Waals surface area contributed by atoms with Crippen molar-refractivity contribution in [2.24, 2.45) is 0 Å². The summed E-state index contributed by atoms with van der Waals surface area (Å²) >= 11 is 0. The number of carboxylic acids is 1. The van der Waals surface area contributed by atoms with Crippen LogP contribution in [0.15, 0.2) is 24.0 Å². The molecule has 0 atom stereocenters. The van der Waals surface area contributed by atoms with Crippen molar-refractivity contribution in [2.45, 2.75) is 6.92 Å². The maximum atomic E-state index is 10.3. The molecule has 61 valence electrons. The second-order valence-electron chi connectivity index (χ2n) is 1.95. The molecule has 0 saturated carbocycles. The molecule has 0 amide bonds. The van der Waals surface area contributed by atoms with E-state index in [0.29, 0.717) is 5.76 Å². The van der Waals surface area contributed by atoms with Gasteiger partial charge in [0.15, 0.2) is 0 Å². The lowest BCUT2D eigenvalue weighted by atomic mass is 10.3. The van der Waals surface area contributed by atoms with Crippen LogP contribution >= 0.6 is 0 Å². The molecule has 0 unspecified atom stereocenters. The van der Waals surface area contributed by atoms with E-state index in [1.807, 2.05) is 0 Å². The van der Waals surface area contributed by atoms with Crippen LogP contribution in [-0.2, 0) is 9.53 Å². The Labute approximate surface area is 66.0 Å². The molecule has 11 heavy (non-hydrogen) atoms. The Hall–Kier alpha value is -1.25. The van der Waals surface area contributed by atoms with Gasteiger partial charge in [0, 0.05) is 5.57 Å². The summed E-state index contributed by atoms with van der Waals surface area (Å²) in [5.74, 6) is -0.654. The predicted molar refractivity (Wildman–Crippen MR) is 41.8 cm³/mol. The van der Waals surface area contributed by atoms with Crippen LogP contribution < -0.4 is 0 Å². The summed E-state index contributed by atoms with van der Waals surface area (Å²) in [7, 11) is 0. The van der Waals surface area contributed by atoms with Gasteiger partial charge in [0.1, 0.15) is 5.76 Å². The number of ether oxygens (including phenoxy) is 1. The smallest absolute Gasteiger partial charge is 0.331 e. The molecule has 1 radical (unpaired) electrons. The van der Waals surface area contributed by atoms with Gasteiger partial charge in [-0.15, -0.1) is 0 Å². The van der Waals surface area contributed by atoms with E-state index >= 15 is 0 Å². The topological polar surface area (TPSA) is 46.5 Å². The van der Waals surface area contributed by atoms with Crippen LogP contribution in [0.4, 0.5) is 0 Å².